The highest BCUT2D eigenvalue weighted by molar-refractivity contribution is 7.20. The lowest BCUT2D eigenvalue weighted by Crippen LogP contribution is -2.12. The highest BCUT2D eigenvalue weighted by Crippen LogP contribution is 2.40. The molecule has 25 heavy (non-hydrogen) atoms. The first-order chi connectivity index (χ1) is 12.1. The number of carbonyl (C=O) groups is 1. The molecule has 2 heterocycles. The Morgan fingerprint density at radius 3 is 2.72 bits per heavy atom. The maximum Gasteiger partial charge on any atom is 0.266 e. The zero-order valence-corrected chi connectivity index (χ0v) is 15.5. The van der Waals surface area contributed by atoms with E-state index in [1.165, 1.54) is 24.2 Å². The van der Waals surface area contributed by atoms with Gasteiger partial charge < -0.3 is 5.32 Å². The maximum absolute atomic E-state index is 12.9. The van der Waals surface area contributed by atoms with Crippen LogP contribution in [-0.2, 0) is 6.42 Å². The lowest BCUT2D eigenvalue weighted by molar-refractivity contribution is 0.103. The van der Waals surface area contributed by atoms with Crippen LogP contribution in [0.2, 0.25) is 0 Å². The summed E-state index contributed by atoms with van der Waals surface area (Å²) in [7, 11) is 0. The first kappa shape index (κ1) is 16.2. The third-order valence-corrected chi connectivity index (χ3v) is 5.97. The van der Waals surface area contributed by atoms with Gasteiger partial charge in [0.25, 0.3) is 5.91 Å². The van der Waals surface area contributed by atoms with E-state index in [1.807, 2.05) is 38.1 Å². The highest BCUT2D eigenvalue weighted by Gasteiger charge is 2.28. The Morgan fingerprint density at radius 2 is 2.00 bits per heavy atom. The van der Waals surface area contributed by atoms with Crippen molar-refractivity contribution in [2.45, 2.75) is 46.0 Å². The SMILES string of the molecule is CCc1ccccc1NC(=O)c1sc2nc(C3CC3)nc(C)c2c1C. The van der Waals surface area contributed by atoms with Crippen molar-refractivity contribution in [1.29, 1.82) is 0 Å². The molecule has 4 nitrogen and oxygen atoms in total. The van der Waals surface area contributed by atoms with E-state index in [2.05, 4.69) is 17.2 Å². The number of hydrogen-bond acceptors (Lipinski definition) is 4. The van der Waals surface area contributed by atoms with Crippen molar-refractivity contribution in [3.8, 4) is 0 Å². The number of amides is 1. The van der Waals surface area contributed by atoms with Crippen LogP contribution in [0, 0.1) is 13.8 Å². The standard InChI is InChI=1S/C20H21N3OS/c1-4-13-7-5-6-8-15(13)22-19(24)17-11(2)16-12(3)21-18(14-9-10-14)23-20(16)25-17/h5-8,14H,4,9-10H2,1-3H3,(H,22,24). The average molecular weight is 351 g/mol. The van der Waals surface area contributed by atoms with E-state index in [4.69, 9.17) is 4.98 Å². The topological polar surface area (TPSA) is 54.9 Å². The first-order valence-corrected chi connectivity index (χ1v) is 9.57. The van der Waals surface area contributed by atoms with Gasteiger partial charge in [-0.3, -0.25) is 4.79 Å². The number of nitrogens with one attached hydrogen (secondary N) is 1. The maximum atomic E-state index is 12.9. The first-order valence-electron chi connectivity index (χ1n) is 8.75. The Morgan fingerprint density at radius 1 is 1.24 bits per heavy atom. The molecule has 2 aromatic heterocycles. The van der Waals surface area contributed by atoms with Gasteiger partial charge in [-0.1, -0.05) is 25.1 Å². The minimum Gasteiger partial charge on any atom is -0.321 e. The number of anilines is 1. The number of aromatic nitrogens is 2. The number of para-hydroxylation sites is 1. The van der Waals surface area contributed by atoms with Crippen LogP contribution in [0.3, 0.4) is 0 Å². The molecule has 0 bridgehead atoms. The van der Waals surface area contributed by atoms with Gasteiger partial charge in [-0.05, 0) is 50.3 Å². The van der Waals surface area contributed by atoms with Gasteiger partial charge in [0.05, 0.1) is 10.6 Å². The summed E-state index contributed by atoms with van der Waals surface area (Å²) < 4.78 is 0. The summed E-state index contributed by atoms with van der Waals surface area (Å²) in [5, 5.41) is 4.10. The summed E-state index contributed by atoms with van der Waals surface area (Å²) in [6.45, 7) is 6.10. The quantitative estimate of drug-likeness (QED) is 0.719. The van der Waals surface area contributed by atoms with E-state index in [1.54, 1.807) is 0 Å². The van der Waals surface area contributed by atoms with Crippen molar-refractivity contribution >= 4 is 33.1 Å². The number of carbonyl (C=O) groups excluding carboxylic acids is 1. The molecule has 0 radical (unpaired) electrons. The Balaban J connectivity index is 1.72. The van der Waals surface area contributed by atoms with E-state index < -0.39 is 0 Å². The zero-order valence-electron chi connectivity index (χ0n) is 14.7. The molecular formula is C20H21N3OS. The second-order valence-electron chi connectivity index (χ2n) is 6.64. The second-order valence-corrected chi connectivity index (χ2v) is 7.64. The molecule has 0 saturated heterocycles. The zero-order chi connectivity index (χ0) is 17.6. The number of hydrogen-bond donors (Lipinski definition) is 1. The molecule has 0 spiro atoms. The Kier molecular flexibility index (Phi) is 4.04. The molecule has 0 aliphatic heterocycles. The fourth-order valence-corrected chi connectivity index (χ4v) is 4.36. The highest BCUT2D eigenvalue weighted by atomic mass is 32.1. The number of nitrogens with zero attached hydrogens (tertiary/aromatic N) is 2. The second kappa shape index (κ2) is 6.23. The predicted octanol–water partition coefficient (Wildman–Crippen LogP) is 5.00. The number of benzene rings is 1. The fraction of sp³-hybridized carbons (Fsp3) is 0.350. The third-order valence-electron chi connectivity index (χ3n) is 4.78. The van der Waals surface area contributed by atoms with Crippen LogP contribution < -0.4 is 5.32 Å². The van der Waals surface area contributed by atoms with Crippen LogP contribution in [0.5, 0.6) is 0 Å². The van der Waals surface area contributed by atoms with E-state index >= 15 is 0 Å². The normalized spacial score (nSPS) is 14.0. The third kappa shape index (κ3) is 2.93. The summed E-state index contributed by atoms with van der Waals surface area (Å²) in [4.78, 5) is 23.9. The van der Waals surface area contributed by atoms with E-state index in [9.17, 15) is 4.79 Å². The summed E-state index contributed by atoms with van der Waals surface area (Å²) in [5.74, 6) is 1.39. The van der Waals surface area contributed by atoms with Crippen molar-refractivity contribution < 1.29 is 4.79 Å². The van der Waals surface area contributed by atoms with Crippen molar-refractivity contribution in [1.82, 2.24) is 9.97 Å². The molecular weight excluding hydrogens is 330 g/mol. The predicted molar refractivity (Wildman–Crippen MR) is 103 cm³/mol. The lowest BCUT2D eigenvalue weighted by atomic mass is 10.1. The van der Waals surface area contributed by atoms with Crippen LogP contribution in [-0.4, -0.2) is 15.9 Å². The number of aryl methyl sites for hydroxylation is 3. The molecule has 1 N–H and O–H groups in total. The van der Waals surface area contributed by atoms with Crippen molar-refractivity contribution in [3.63, 3.8) is 0 Å². The molecule has 4 rings (SSSR count). The van der Waals surface area contributed by atoms with Crippen LogP contribution in [0.15, 0.2) is 24.3 Å². The van der Waals surface area contributed by atoms with Crippen LogP contribution >= 0.6 is 11.3 Å². The summed E-state index contributed by atoms with van der Waals surface area (Å²) in [6.07, 6.45) is 3.24. The lowest BCUT2D eigenvalue weighted by Gasteiger charge is -2.09. The monoisotopic (exact) mass is 351 g/mol. The number of fused-ring (bicyclic) bond motifs is 1. The van der Waals surface area contributed by atoms with Gasteiger partial charge in [0.1, 0.15) is 10.7 Å². The largest absolute Gasteiger partial charge is 0.321 e. The van der Waals surface area contributed by atoms with Crippen LogP contribution in [0.25, 0.3) is 10.2 Å². The molecule has 1 amide bonds. The molecule has 1 aliphatic rings. The van der Waals surface area contributed by atoms with Gasteiger partial charge in [0.15, 0.2) is 0 Å². The van der Waals surface area contributed by atoms with Crippen LogP contribution in [0.1, 0.15) is 58.0 Å². The van der Waals surface area contributed by atoms with E-state index in [-0.39, 0.29) is 5.91 Å². The molecule has 0 unspecified atom stereocenters. The van der Waals surface area contributed by atoms with Crippen LogP contribution in [0.4, 0.5) is 5.69 Å². The molecule has 1 saturated carbocycles. The molecule has 1 aliphatic carbocycles. The smallest absolute Gasteiger partial charge is 0.266 e. The fourth-order valence-electron chi connectivity index (χ4n) is 3.23. The average Bonchev–Trinajstić information content (AvgIpc) is 3.39. The Bertz CT molecular complexity index is 972. The molecule has 1 fully saturated rings. The molecule has 5 heteroatoms. The minimum atomic E-state index is -0.0613. The molecule has 3 aromatic rings. The number of rotatable bonds is 4. The van der Waals surface area contributed by atoms with Gasteiger partial charge in [0, 0.05) is 17.0 Å². The van der Waals surface area contributed by atoms with E-state index in [0.717, 1.165) is 49.8 Å². The summed E-state index contributed by atoms with van der Waals surface area (Å²) in [6, 6.07) is 7.95. The van der Waals surface area contributed by atoms with Gasteiger partial charge in [-0.15, -0.1) is 11.3 Å². The van der Waals surface area contributed by atoms with Gasteiger partial charge in [-0.2, -0.15) is 0 Å². The van der Waals surface area contributed by atoms with Crippen molar-refractivity contribution in [3.05, 3.63) is 51.8 Å². The summed E-state index contributed by atoms with van der Waals surface area (Å²) in [5.41, 5.74) is 3.98. The molecule has 128 valence electrons. The van der Waals surface area contributed by atoms with Gasteiger partial charge >= 0.3 is 0 Å². The van der Waals surface area contributed by atoms with Gasteiger partial charge in [-0.25, -0.2) is 9.97 Å². The molecule has 0 atom stereocenters. The van der Waals surface area contributed by atoms with E-state index in [0.29, 0.717) is 5.92 Å². The van der Waals surface area contributed by atoms with Crippen molar-refractivity contribution in [2.24, 2.45) is 0 Å². The Labute approximate surface area is 151 Å². The van der Waals surface area contributed by atoms with Gasteiger partial charge in [0.2, 0.25) is 0 Å². The number of thiophene rings is 1. The Hall–Kier alpha value is -2.27. The van der Waals surface area contributed by atoms with Crippen molar-refractivity contribution in [2.75, 3.05) is 5.32 Å². The molecule has 1 aromatic carbocycles. The summed E-state index contributed by atoms with van der Waals surface area (Å²) >= 11 is 1.48. The minimum absolute atomic E-state index is 0.0613.